The maximum atomic E-state index is 9.41. The van der Waals surface area contributed by atoms with Gasteiger partial charge in [0.25, 0.3) is 0 Å². The predicted molar refractivity (Wildman–Crippen MR) is 223 cm³/mol. The smallest absolute Gasteiger partial charge is 0.167 e. The maximum Gasteiger partial charge on any atom is 0.167 e. The van der Waals surface area contributed by atoms with Crippen molar-refractivity contribution >= 4 is 21.9 Å². The quantitative estimate of drug-likeness (QED) is 0.159. The van der Waals surface area contributed by atoms with Gasteiger partial charge in [-0.15, -0.1) is 0 Å². The second kappa shape index (κ2) is 14.3. The number of hydrogen-bond acceptors (Lipinski definition) is 8. The first-order valence-corrected chi connectivity index (χ1v) is 18.4. The van der Waals surface area contributed by atoms with Crippen LogP contribution in [0.4, 0.5) is 0 Å². The molecule has 8 nitrogen and oxygen atoms in total. The molecule has 0 aliphatic carbocycles. The first kappa shape index (κ1) is 33.4. The summed E-state index contributed by atoms with van der Waals surface area (Å²) in [6.45, 7) is 0. The zero-order chi connectivity index (χ0) is 38.1. The Morgan fingerprint density at radius 1 is 0.351 bits per heavy atom. The zero-order valence-electron chi connectivity index (χ0n) is 30.3. The molecule has 0 aliphatic heterocycles. The second-order valence-electron chi connectivity index (χ2n) is 13.5. The Kier molecular flexibility index (Phi) is 8.36. The van der Waals surface area contributed by atoms with Crippen molar-refractivity contribution in [3.63, 3.8) is 0 Å². The minimum absolute atomic E-state index is 0.493. The van der Waals surface area contributed by atoms with E-state index in [-0.39, 0.29) is 0 Å². The Hall–Kier alpha value is -8.15. The summed E-state index contributed by atoms with van der Waals surface area (Å²) in [5.41, 5.74) is 9.05. The average Bonchev–Trinajstić information content (AvgIpc) is 3.68. The summed E-state index contributed by atoms with van der Waals surface area (Å²) in [5, 5.41) is 11.2. The number of nitriles is 1. The van der Waals surface area contributed by atoms with Gasteiger partial charge in [0.2, 0.25) is 0 Å². The molecule has 266 valence electrons. The number of rotatable bonds is 7. The number of benzene rings is 7. The van der Waals surface area contributed by atoms with E-state index in [1.54, 1.807) is 6.07 Å². The van der Waals surface area contributed by atoms with Gasteiger partial charge in [-0.25, -0.2) is 29.9 Å². The van der Waals surface area contributed by atoms with Gasteiger partial charge in [0, 0.05) is 38.6 Å². The van der Waals surface area contributed by atoms with Crippen molar-refractivity contribution in [3.05, 3.63) is 181 Å². The summed E-state index contributed by atoms with van der Waals surface area (Å²) < 4.78 is 6.61. The Balaban J connectivity index is 1.09. The summed E-state index contributed by atoms with van der Waals surface area (Å²) >= 11 is 0. The molecule has 3 heterocycles. The topological polar surface area (TPSA) is 114 Å². The van der Waals surface area contributed by atoms with E-state index in [0.29, 0.717) is 46.1 Å². The van der Waals surface area contributed by atoms with Crippen LogP contribution in [-0.4, -0.2) is 29.9 Å². The molecule has 0 saturated heterocycles. The third kappa shape index (κ3) is 6.45. The fourth-order valence-corrected chi connectivity index (χ4v) is 6.97. The van der Waals surface area contributed by atoms with E-state index in [0.717, 1.165) is 60.9 Å². The standard InChI is InChI=1S/C49H29N7O/c50-30-31-12-10-19-37(28-31)32-22-24-36(25-23-32)47-52-46(35-17-8-3-9-18-35)55-49(56-47)40-21-11-20-39-41-29-38(26-27-42(41)57-43(39)40)48-53-44(33-13-4-1-5-14-33)51-45(54-48)34-15-6-2-7-16-34/h1-29H. The van der Waals surface area contributed by atoms with Crippen molar-refractivity contribution in [2.24, 2.45) is 0 Å². The molecule has 0 N–H and O–H groups in total. The van der Waals surface area contributed by atoms with Gasteiger partial charge in [-0.3, -0.25) is 0 Å². The van der Waals surface area contributed by atoms with Gasteiger partial charge in [0.1, 0.15) is 11.2 Å². The van der Waals surface area contributed by atoms with E-state index >= 15 is 0 Å². The predicted octanol–water partition coefficient (Wildman–Crippen LogP) is 11.5. The number of para-hydroxylation sites is 1. The molecule has 0 amide bonds. The molecule has 0 atom stereocenters. The van der Waals surface area contributed by atoms with Crippen LogP contribution in [0, 0.1) is 11.3 Å². The van der Waals surface area contributed by atoms with Gasteiger partial charge in [-0.1, -0.05) is 140 Å². The van der Waals surface area contributed by atoms with Crippen molar-refractivity contribution in [2.75, 3.05) is 0 Å². The molecule has 10 rings (SSSR count). The van der Waals surface area contributed by atoms with Crippen LogP contribution in [0.15, 0.2) is 180 Å². The largest absolute Gasteiger partial charge is 0.455 e. The van der Waals surface area contributed by atoms with Gasteiger partial charge in [-0.05, 0) is 47.5 Å². The van der Waals surface area contributed by atoms with Gasteiger partial charge < -0.3 is 4.42 Å². The molecular weight excluding hydrogens is 703 g/mol. The van der Waals surface area contributed by atoms with Crippen LogP contribution < -0.4 is 0 Å². The van der Waals surface area contributed by atoms with Crippen LogP contribution in [0.25, 0.3) is 101 Å². The average molecular weight is 732 g/mol. The molecular formula is C49H29N7O. The number of aromatic nitrogens is 6. The van der Waals surface area contributed by atoms with Crippen LogP contribution in [0.3, 0.4) is 0 Å². The van der Waals surface area contributed by atoms with Gasteiger partial charge in [0.05, 0.1) is 17.2 Å². The monoisotopic (exact) mass is 731 g/mol. The molecule has 0 saturated carbocycles. The molecule has 10 aromatic rings. The second-order valence-corrected chi connectivity index (χ2v) is 13.5. The van der Waals surface area contributed by atoms with E-state index < -0.39 is 0 Å². The maximum absolute atomic E-state index is 9.41. The highest BCUT2D eigenvalue weighted by atomic mass is 16.3. The van der Waals surface area contributed by atoms with Crippen LogP contribution in [0.5, 0.6) is 0 Å². The van der Waals surface area contributed by atoms with Crippen molar-refractivity contribution in [1.82, 2.24) is 29.9 Å². The SMILES string of the molecule is N#Cc1cccc(-c2ccc(-c3nc(-c4ccccc4)nc(-c4cccc5c4oc4ccc(-c6nc(-c7ccccc7)nc(-c7ccccc7)n6)cc45)n3)cc2)c1. The first-order chi connectivity index (χ1) is 28.2. The molecule has 0 bridgehead atoms. The van der Waals surface area contributed by atoms with Crippen molar-refractivity contribution in [3.8, 4) is 85.5 Å². The van der Waals surface area contributed by atoms with E-state index in [9.17, 15) is 5.26 Å². The van der Waals surface area contributed by atoms with E-state index in [1.807, 2.05) is 164 Å². The fourth-order valence-electron chi connectivity index (χ4n) is 6.97. The summed E-state index contributed by atoms with van der Waals surface area (Å²) in [6, 6.07) is 59.7. The first-order valence-electron chi connectivity index (χ1n) is 18.4. The molecule has 0 spiro atoms. The number of nitrogens with zero attached hydrogens (tertiary/aromatic N) is 7. The minimum atomic E-state index is 0.493. The Morgan fingerprint density at radius 2 is 0.807 bits per heavy atom. The molecule has 7 aromatic carbocycles. The highest BCUT2D eigenvalue weighted by Gasteiger charge is 2.19. The summed E-state index contributed by atoms with van der Waals surface area (Å²) in [4.78, 5) is 29.7. The number of hydrogen-bond donors (Lipinski definition) is 0. The summed E-state index contributed by atoms with van der Waals surface area (Å²) in [5.74, 6) is 3.34. The van der Waals surface area contributed by atoms with Gasteiger partial charge in [0.15, 0.2) is 34.9 Å². The highest BCUT2D eigenvalue weighted by molar-refractivity contribution is 6.10. The van der Waals surface area contributed by atoms with E-state index in [4.69, 9.17) is 34.3 Å². The fraction of sp³-hybridized carbons (Fsp3) is 0. The normalized spacial score (nSPS) is 11.1. The Labute approximate surface area is 327 Å². The molecule has 8 heteroatoms. The highest BCUT2D eigenvalue weighted by Crippen LogP contribution is 2.38. The number of fused-ring (bicyclic) bond motifs is 3. The molecule has 57 heavy (non-hydrogen) atoms. The van der Waals surface area contributed by atoms with Crippen LogP contribution in [-0.2, 0) is 0 Å². The lowest BCUT2D eigenvalue weighted by Crippen LogP contribution is -2.00. The number of furan rings is 1. The Morgan fingerprint density at radius 3 is 1.37 bits per heavy atom. The zero-order valence-corrected chi connectivity index (χ0v) is 30.3. The summed E-state index contributed by atoms with van der Waals surface area (Å²) in [7, 11) is 0. The van der Waals surface area contributed by atoms with Crippen LogP contribution in [0.2, 0.25) is 0 Å². The lowest BCUT2D eigenvalue weighted by Gasteiger charge is -2.09. The Bertz CT molecular complexity index is 3060. The lowest BCUT2D eigenvalue weighted by molar-refractivity contribution is 0.669. The third-order valence-electron chi connectivity index (χ3n) is 9.83. The van der Waals surface area contributed by atoms with E-state index in [1.165, 1.54) is 0 Å². The lowest BCUT2D eigenvalue weighted by atomic mass is 10.0. The molecule has 0 unspecified atom stereocenters. The summed E-state index contributed by atoms with van der Waals surface area (Å²) in [6.07, 6.45) is 0. The van der Waals surface area contributed by atoms with Gasteiger partial charge >= 0.3 is 0 Å². The minimum Gasteiger partial charge on any atom is -0.455 e. The van der Waals surface area contributed by atoms with Crippen LogP contribution >= 0.6 is 0 Å². The van der Waals surface area contributed by atoms with Crippen molar-refractivity contribution in [1.29, 1.82) is 5.26 Å². The molecule has 0 aliphatic rings. The van der Waals surface area contributed by atoms with Crippen molar-refractivity contribution in [2.45, 2.75) is 0 Å². The third-order valence-corrected chi connectivity index (χ3v) is 9.83. The van der Waals surface area contributed by atoms with E-state index in [2.05, 4.69) is 12.1 Å². The molecule has 0 radical (unpaired) electrons. The van der Waals surface area contributed by atoms with Crippen LogP contribution in [0.1, 0.15) is 5.56 Å². The molecule has 3 aromatic heterocycles. The molecule has 0 fully saturated rings. The van der Waals surface area contributed by atoms with Crippen molar-refractivity contribution < 1.29 is 4.42 Å². The van der Waals surface area contributed by atoms with Gasteiger partial charge in [-0.2, -0.15) is 5.26 Å².